The highest BCUT2D eigenvalue weighted by atomic mass is 16.6. The van der Waals surface area contributed by atoms with E-state index >= 15 is 0 Å². The van der Waals surface area contributed by atoms with Gasteiger partial charge in [-0.15, -0.1) is 0 Å². The molecule has 0 radical (unpaired) electrons. The molecule has 5 atom stereocenters. The third kappa shape index (κ3) is 2.96. The minimum Gasteiger partial charge on any atom is -0.479 e. The van der Waals surface area contributed by atoms with E-state index in [0.29, 0.717) is 0 Å². The number of hydrogen-bond acceptors (Lipinski definition) is 7. The van der Waals surface area contributed by atoms with E-state index in [2.05, 4.69) is 5.10 Å². The summed E-state index contributed by atoms with van der Waals surface area (Å²) in [4.78, 5) is 47.1. The van der Waals surface area contributed by atoms with Crippen LogP contribution in [0.15, 0.2) is 35.5 Å². The van der Waals surface area contributed by atoms with Crippen molar-refractivity contribution < 1.29 is 29.2 Å². The van der Waals surface area contributed by atoms with Gasteiger partial charge in [-0.25, -0.2) is 4.79 Å². The highest BCUT2D eigenvalue weighted by Gasteiger charge is 2.59. The number of rotatable bonds is 6. The Hall–Kier alpha value is -3.56. The van der Waals surface area contributed by atoms with Crippen molar-refractivity contribution in [2.45, 2.75) is 19.4 Å². The normalized spacial score (nSPS) is 28.2. The van der Waals surface area contributed by atoms with Gasteiger partial charge in [0.05, 0.1) is 23.0 Å². The van der Waals surface area contributed by atoms with Gasteiger partial charge in [-0.3, -0.25) is 19.7 Å². The molecule has 1 heterocycles. The number of nitro benzene ring substituents is 1. The number of para-hydroxylation sites is 1. The zero-order chi connectivity index (χ0) is 20.9. The van der Waals surface area contributed by atoms with Crippen LogP contribution in [-0.4, -0.2) is 45.1 Å². The number of hydrogen-bond donors (Lipinski definition) is 1. The van der Waals surface area contributed by atoms with Crippen molar-refractivity contribution in [1.82, 2.24) is 5.01 Å². The van der Waals surface area contributed by atoms with E-state index < -0.39 is 34.5 Å². The van der Waals surface area contributed by atoms with Crippen LogP contribution < -0.4 is 4.74 Å². The third-order valence-electron chi connectivity index (χ3n) is 5.62. The molecule has 10 nitrogen and oxygen atoms in total. The van der Waals surface area contributed by atoms with Gasteiger partial charge in [0.2, 0.25) is 5.75 Å². The van der Waals surface area contributed by atoms with Crippen LogP contribution in [0.25, 0.3) is 0 Å². The smallest absolute Gasteiger partial charge is 0.344 e. The number of imide groups is 1. The Morgan fingerprint density at radius 1 is 1.31 bits per heavy atom. The molecule has 1 aliphatic heterocycles. The summed E-state index contributed by atoms with van der Waals surface area (Å²) in [5.74, 6) is -3.13. The van der Waals surface area contributed by atoms with Crippen LogP contribution in [0, 0.1) is 33.8 Å². The van der Waals surface area contributed by atoms with Gasteiger partial charge in [0.1, 0.15) is 0 Å². The fourth-order valence-electron chi connectivity index (χ4n) is 4.26. The summed E-state index contributed by atoms with van der Waals surface area (Å²) in [5, 5.41) is 25.2. The van der Waals surface area contributed by atoms with Crippen LogP contribution in [0.4, 0.5) is 5.69 Å². The Labute approximate surface area is 164 Å². The van der Waals surface area contributed by atoms with Crippen molar-refractivity contribution in [3.63, 3.8) is 0 Å². The molecule has 2 aliphatic carbocycles. The van der Waals surface area contributed by atoms with Crippen LogP contribution in [0.3, 0.4) is 0 Å². The maximum absolute atomic E-state index is 12.7. The lowest BCUT2D eigenvalue weighted by Gasteiger charge is -2.14. The highest BCUT2D eigenvalue weighted by molar-refractivity contribution is 6.07. The number of carboxylic acids is 1. The monoisotopic (exact) mass is 399 g/mol. The van der Waals surface area contributed by atoms with Crippen molar-refractivity contribution >= 4 is 29.7 Å². The molecule has 0 unspecified atom stereocenters. The number of carbonyl (C=O) groups is 3. The van der Waals surface area contributed by atoms with Crippen molar-refractivity contribution in [3.05, 3.63) is 46.0 Å². The lowest BCUT2D eigenvalue weighted by atomic mass is 9.85. The number of fused-ring (bicyclic) bond motifs is 5. The van der Waals surface area contributed by atoms with E-state index in [1.807, 2.05) is 12.2 Å². The molecule has 2 bridgehead atoms. The molecule has 0 aromatic heterocycles. The van der Waals surface area contributed by atoms with Gasteiger partial charge in [0.25, 0.3) is 11.8 Å². The second-order valence-corrected chi connectivity index (χ2v) is 7.28. The summed E-state index contributed by atoms with van der Waals surface area (Å²) >= 11 is 0. The first-order valence-electron chi connectivity index (χ1n) is 9.06. The highest BCUT2D eigenvalue weighted by Crippen LogP contribution is 2.52. The standard InChI is InChI=1S/C19H17N3O7/c1-9(19(25)26)29-16-12(3-2-4-13(16)22(27)28)8-20-21-17(23)14-10-5-6-11(7-10)15(14)18(21)24/h2-6,8-11,14-15H,7H2,1H3,(H,25,26)/t9-,10+,11+,14-,15+/m1/s1. The SMILES string of the molecule is C[C@@H](Oc1c(C=NN2C(=O)[C@@H]3[C@H](C2=O)[C@H]2C=C[C@H]3C2)cccc1[N+](=O)[O-])C(=O)O. The molecular formula is C19H17N3O7. The molecule has 1 saturated heterocycles. The second-order valence-electron chi connectivity index (χ2n) is 7.28. The number of carbonyl (C=O) groups excluding carboxylic acids is 2. The Balaban J connectivity index is 1.64. The fourth-order valence-corrected chi connectivity index (χ4v) is 4.26. The van der Waals surface area contributed by atoms with Crippen molar-refractivity contribution in [2.24, 2.45) is 28.8 Å². The van der Waals surface area contributed by atoms with E-state index in [1.54, 1.807) is 0 Å². The number of ether oxygens (including phenoxy) is 1. The molecule has 10 heteroatoms. The molecule has 150 valence electrons. The Morgan fingerprint density at radius 2 is 1.93 bits per heavy atom. The minimum atomic E-state index is -1.35. The van der Waals surface area contributed by atoms with Crippen LogP contribution in [0.1, 0.15) is 18.9 Å². The summed E-state index contributed by atoms with van der Waals surface area (Å²) in [7, 11) is 0. The quantitative estimate of drug-likeness (QED) is 0.252. The average Bonchev–Trinajstić information content (AvgIpc) is 3.35. The number of hydrazone groups is 1. The number of nitrogens with zero attached hydrogens (tertiary/aromatic N) is 3. The largest absolute Gasteiger partial charge is 0.479 e. The molecule has 2 amide bonds. The third-order valence-corrected chi connectivity index (χ3v) is 5.62. The Bertz CT molecular complexity index is 956. The predicted molar refractivity (Wildman–Crippen MR) is 98.0 cm³/mol. The van der Waals surface area contributed by atoms with Crippen LogP contribution in [0.5, 0.6) is 5.75 Å². The van der Waals surface area contributed by atoms with E-state index in [4.69, 9.17) is 9.84 Å². The van der Waals surface area contributed by atoms with Crippen LogP contribution in [-0.2, 0) is 14.4 Å². The first-order valence-corrected chi connectivity index (χ1v) is 9.06. The molecule has 29 heavy (non-hydrogen) atoms. The van der Waals surface area contributed by atoms with Gasteiger partial charge in [-0.1, -0.05) is 18.2 Å². The molecule has 1 saturated carbocycles. The Kier molecular flexibility index (Phi) is 4.40. The zero-order valence-electron chi connectivity index (χ0n) is 15.3. The summed E-state index contributed by atoms with van der Waals surface area (Å²) in [6.45, 7) is 1.23. The second kappa shape index (κ2) is 6.80. The summed E-state index contributed by atoms with van der Waals surface area (Å²) in [5.41, 5.74) is -0.355. The maximum Gasteiger partial charge on any atom is 0.344 e. The molecule has 1 aromatic rings. The number of carboxylic acid groups (broad SMARTS) is 1. The van der Waals surface area contributed by atoms with Crippen molar-refractivity contribution in [2.75, 3.05) is 0 Å². The summed E-state index contributed by atoms with van der Waals surface area (Å²) in [6, 6.07) is 3.98. The molecule has 0 spiro atoms. The summed E-state index contributed by atoms with van der Waals surface area (Å²) < 4.78 is 5.26. The van der Waals surface area contributed by atoms with Crippen LogP contribution in [0.2, 0.25) is 0 Å². The van der Waals surface area contributed by atoms with E-state index in [-0.39, 0.29) is 35.0 Å². The van der Waals surface area contributed by atoms with E-state index in [0.717, 1.165) is 17.6 Å². The molecule has 3 aliphatic rings. The number of amides is 2. The first kappa shape index (κ1) is 18.8. The lowest BCUT2D eigenvalue weighted by Crippen LogP contribution is -2.28. The van der Waals surface area contributed by atoms with Crippen molar-refractivity contribution in [1.29, 1.82) is 0 Å². The summed E-state index contributed by atoms with van der Waals surface area (Å²) in [6.07, 6.45) is 4.48. The fraction of sp³-hybridized carbons (Fsp3) is 0.368. The van der Waals surface area contributed by atoms with E-state index in [1.165, 1.54) is 25.1 Å². The molecule has 1 N–H and O–H groups in total. The van der Waals surface area contributed by atoms with Gasteiger partial charge in [0.15, 0.2) is 6.10 Å². The van der Waals surface area contributed by atoms with Crippen molar-refractivity contribution in [3.8, 4) is 5.75 Å². The van der Waals surface area contributed by atoms with Gasteiger partial charge in [-0.05, 0) is 31.2 Å². The van der Waals surface area contributed by atoms with Gasteiger partial charge in [0, 0.05) is 11.6 Å². The zero-order valence-corrected chi connectivity index (χ0v) is 15.3. The number of allylic oxidation sites excluding steroid dienone is 2. The number of aliphatic carboxylic acids is 1. The van der Waals surface area contributed by atoms with Gasteiger partial charge in [-0.2, -0.15) is 10.1 Å². The first-order chi connectivity index (χ1) is 13.8. The minimum absolute atomic E-state index is 0.0368. The Morgan fingerprint density at radius 3 is 2.48 bits per heavy atom. The molecular weight excluding hydrogens is 382 g/mol. The number of nitro groups is 1. The average molecular weight is 399 g/mol. The molecule has 1 aromatic carbocycles. The maximum atomic E-state index is 12.7. The van der Waals surface area contributed by atoms with Crippen LogP contribution >= 0.6 is 0 Å². The molecule has 4 rings (SSSR count). The lowest BCUT2D eigenvalue weighted by molar-refractivity contribution is -0.386. The number of benzene rings is 1. The van der Waals surface area contributed by atoms with Gasteiger partial charge < -0.3 is 9.84 Å². The van der Waals surface area contributed by atoms with E-state index in [9.17, 15) is 24.5 Å². The van der Waals surface area contributed by atoms with Gasteiger partial charge >= 0.3 is 11.7 Å². The molecule has 2 fully saturated rings. The predicted octanol–water partition coefficient (Wildman–Crippen LogP) is 1.59. The topological polar surface area (TPSA) is 139 Å².